The Morgan fingerprint density at radius 2 is 1.41 bits per heavy atom. The van der Waals surface area contributed by atoms with Crippen LogP contribution in [0.15, 0.2) is 54.6 Å². The Hall–Kier alpha value is -1.98. The van der Waals surface area contributed by atoms with Crippen molar-refractivity contribution in [1.82, 2.24) is 4.72 Å². The molecule has 0 spiro atoms. The molecule has 2 aromatic carbocycles. The first kappa shape index (κ1) is 21.3. The third-order valence-electron chi connectivity index (χ3n) is 3.79. The van der Waals surface area contributed by atoms with Gasteiger partial charge in [-0.3, -0.25) is 0 Å². The molecule has 2 unspecified atom stereocenters. The molecule has 5 heteroatoms. The van der Waals surface area contributed by atoms with Crippen LogP contribution >= 0.6 is 0 Å². The average Bonchev–Trinajstić information content (AvgIpc) is 2.58. The van der Waals surface area contributed by atoms with Crippen molar-refractivity contribution in [1.29, 1.82) is 0 Å². The zero-order valence-corrected chi connectivity index (χ0v) is 17.7. The highest BCUT2D eigenvalue weighted by Crippen LogP contribution is 2.25. The fraction of sp³-hybridized carbons (Fsp3) is 0.409. The standard InChI is InChI=1S/C22H29NO3S/c1-21(2,3)26-20(24)18-14-12-17(13-15-18)19(16-10-8-7-9-11-16)23-27(25)22(4,5)6/h7-15,19,23H,1-6H3. The molecule has 27 heavy (non-hydrogen) atoms. The number of hydrogen-bond acceptors (Lipinski definition) is 3. The molecule has 0 bridgehead atoms. The predicted octanol–water partition coefficient (Wildman–Crippen LogP) is 4.78. The Kier molecular flexibility index (Phi) is 6.60. The van der Waals surface area contributed by atoms with E-state index in [2.05, 4.69) is 4.72 Å². The number of carbonyl (C=O) groups excluding carboxylic acids is 1. The van der Waals surface area contributed by atoms with E-state index in [-0.39, 0.29) is 16.8 Å². The van der Waals surface area contributed by atoms with Gasteiger partial charge in [0.2, 0.25) is 0 Å². The first-order valence-electron chi connectivity index (χ1n) is 9.04. The number of ether oxygens (including phenoxy) is 1. The van der Waals surface area contributed by atoms with Gasteiger partial charge in [-0.1, -0.05) is 42.5 Å². The molecule has 2 aromatic rings. The van der Waals surface area contributed by atoms with Crippen molar-refractivity contribution in [3.63, 3.8) is 0 Å². The molecule has 2 rings (SSSR count). The lowest BCUT2D eigenvalue weighted by Gasteiger charge is -2.25. The molecule has 0 aromatic heterocycles. The van der Waals surface area contributed by atoms with E-state index >= 15 is 0 Å². The van der Waals surface area contributed by atoms with Crippen molar-refractivity contribution in [2.45, 2.75) is 57.9 Å². The molecule has 0 saturated carbocycles. The summed E-state index contributed by atoms with van der Waals surface area (Å²) in [7, 11) is -1.24. The molecule has 0 amide bonds. The van der Waals surface area contributed by atoms with E-state index < -0.39 is 16.6 Å². The second-order valence-electron chi connectivity index (χ2n) is 8.47. The summed E-state index contributed by atoms with van der Waals surface area (Å²) in [5.74, 6) is -0.350. The molecule has 0 aliphatic rings. The van der Waals surface area contributed by atoms with E-state index in [1.807, 2.05) is 84.0 Å². The molecule has 2 atom stereocenters. The number of benzene rings is 2. The summed E-state index contributed by atoms with van der Waals surface area (Å²) in [6.45, 7) is 11.3. The molecule has 4 nitrogen and oxygen atoms in total. The summed E-state index contributed by atoms with van der Waals surface area (Å²) >= 11 is 0. The van der Waals surface area contributed by atoms with Crippen LogP contribution in [0.3, 0.4) is 0 Å². The molecule has 0 saturated heterocycles. The number of hydrogen-bond donors (Lipinski definition) is 1. The molecule has 0 heterocycles. The lowest BCUT2D eigenvalue weighted by molar-refractivity contribution is 0.00695. The van der Waals surface area contributed by atoms with Crippen molar-refractivity contribution in [2.75, 3.05) is 0 Å². The Morgan fingerprint density at radius 3 is 1.89 bits per heavy atom. The molecule has 0 aliphatic heterocycles. The van der Waals surface area contributed by atoms with Gasteiger partial charge in [0.15, 0.2) is 0 Å². The van der Waals surface area contributed by atoms with Gasteiger partial charge in [0.05, 0.1) is 27.3 Å². The van der Waals surface area contributed by atoms with Crippen molar-refractivity contribution in [2.24, 2.45) is 0 Å². The Balaban J connectivity index is 2.31. The van der Waals surface area contributed by atoms with Gasteiger partial charge in [-0.25, -0.2) is 13.7 Å². The zero-order chi connectivity index (χ0) is 20.2. The van der Waals surface area contributed by atoms with Gasteiger partial charge in [0.25, 0.3) is 0 Å². The number of esters is 1. The Labute approximate surface area is 164 Å². The lowest BCUT2D eigenvalue weighted by Crippen LogP contribution is -2.36. The maximum atomic E-state index is 12.7. The zero-order valence-electron chi connectivity index (χ0n) is 16.9. The van der Waals surface area contributed by atoms with Gasteiger partial charge in [-0.05, 0) is 64.8 Å². The first-order chi connectivity index (χ1) is 12.5. The van der Waals surface area contributed by atoms with Crippen molar-refractivity contribution in [3.05, 3.63) is 71.3 Å². The third-order valence-corrected chi connectivity index (χ3v) is 5.35. The smallest absolute Gasteiger partial charge is 0.338 e. The van der Waals surface area contributed by atoms with E-state index in [9.17, 15) is 9.00 Å². The fourth-order valence-corrected chi connectivity index (χ4v) is 3.25. The van der Waals surface area contributed by atoms with Crippen LogP contribution in [0.2, 0.25) is 0 Å². The van der Waals surface area contributed by atoms with Gasteiger partial charge < -0.3 is 4.74 Å². The first-order valence-corrected chi connectivity index (χ1v) is 10.2. The van der Waals surface area contributed by atoms with Crippen LogP contribution in [-0.4, -0.2) is 20.5 Å². The second kappa shape index (κ2) is 8.36. The van der Waals surface area contributed by atoms with Crippen LogP contribution < -0.4 is 4.72 Å². The van der Waals surface area contributed by atoms with E-state index in [0.717, 1.165) is 11.1 Å². The average molecular weight is 388 g/mol. The quantitative estimate of drug-likeness (QED) is 0.751. The SMILES string of the molecule is CC(C)(C)OC(=O)c1ccc(C(NS(=O)C(C)(C)C)c2ccccc2)cc1. The maximum Gasteiger partial charge on any atom is 0.338 e. The van der Waals surface area contributed by atoms with Crippen LogP contribution in [0.25, 0.3) is 0 Å². The van der Waals surface area contributed by atoms with Crippen LogP contribution in [0.4, 0.5) is 0 Å². The van der Waals surface area contributed by atoms with E-state index in [1.54, 1.807) is 12.1 Å². The van der Waals surface area contributed by atoms with Crippen LogP contribution in [0, 0.1) is 0 Å². The summed E-state index contributed by atoms with van der Waals surface area (Å²) in [5, 5.41) is 0. The topological polar surface area (TPSA) is 55.4 Å². The molecular formula is C22H29NO3S. The molecule has 1 N–H and O–H groups in total. The van der Waals surface area contributed by atoms with Crippen molar-refractivity contribution in [3.8, 4) is 0 Å². The number of nitrogens with one attached hydrogen (secondary N) is 1. The molecule has 0 radical (unpaired) electrons. The Morgan fingerprint density at radius 1 is 0.889 bits per heavy atom. The van der Waals surface area contributed by atoms with Gasteiger partial charge >= 0.3 is 5.97 Å². The van der Waals surface area contributed by atoms with E-state index in [1.165, 1.54) is 0 Å². The summed E-state index contributed by atoms with van der Waals surface area (Å²) in [4.78, 5) is 12.2. The van der Waals surface area contributed by atoms with Gasteiger partial charge in [0, 0.05) is 0 Å². The monoisotopic (exact) mass is 387 g/mol. The maximum absolute atomic E-state index is 12.7. The molecular weight excluding hydrogens is 358 g/mol. The van der Waals surface area contributed by atoms with Crippen LogP contribution in [0.5, 0.6) is 0 Å². The summed E-state index contributed by atoms with van der Waals surface area (Å²) in [6, 6.07) is 16.9. The predicted molar refractivity (Wildman–Crippen MR) is 111 cm³/mol. The minimum absolute atomic E-state index is 0.237. The minimum atomic E-state index is -1.24. The summed E-state index contributed by atoms with van der Waals surface area (Å²) in [6.07, 6.45) is 0. The summed E-state index contributed by atoms with van der Waals surface area (Å²) in [5.41, 5.74) is 1.91. The largest absolute Gasteiger partial charge is 0.456 e. The van der Waals surface area contributed by atoms with Crippen LogP contribution in [0.1, 0.15) is 69.1 Å². The van der Waals surface area contributed by atoms with Crippen LogP contribution in [-0.2, 0) is 15.7 Å². The van der Waals surface area contributed by atoms with Gasteiger partial charge in [0.1, 0.15) is 5.60 Å². The van der Waals surface area contributed by atoms with Gasteiger partial charge in [-0.15, -0.1) is 0 Å². The fourth-order valence-electron chi connectivity index (χ4n) is 2.41. The third kappa shape index (κ3) is 6.29. The summed E-state index contributed by atoms with van der Waals surface area (Å²) < 4.78 is 20.9. The van der Waals surface area contributed by atoms with E-state index in [0.29, 0.717) is 5.56 Å². The van der Waals surface area contributed by atoms with Gasteiger partial charge in [-0.2, -0.15) is 0 Å². The minimum Gasteiger partial charge on any atom is -0.456 e. The lowest BCUT2D eigenvalue weighted by atomic mass is 9.98. The highest BCUT2D eigenvalue weighted by atomic mass is 32.2. The molecule has 146 valence electrons. The normalized spacial score (nSPS) is 14.4. The number of carbonyl (C=O) groups is 1. The van der Waals surface area contributed by atoms with E-state index in [4.69, 9.17) is 4.74 Å². The highest BCUT2D eigenvalue weighted by molar-refractivity contribution is 7.84. The van der Waals surface area contributed by atoms with Crippen molar-refractivity contribution >= 4 is 17.0 Å². The molecule has 0 fully saturated rings. The molecule has 0 aliphatic carbocycles. The second-order valence-corrected chi connectivity index (χ2v) is 10.5. The highest BCUT2D eigenvalue weighted by Gasteiger charge is 2.25. The Bertz CT molecular complexity index is 787. The number of rotatable bonds is 5. The van der Waals surface area contributed by atoms with Crippen molar-refractivity contribution < 1.29 is 13.7 Å².